The topological polar surface area (TPSA) is 42.7 Å². The summed E-state index contributed by atoms with van der Waals surface area (Å²) >= 11 is 0. The highest BCUT2D eigenvalue weighted by molar-refractivity contribution is 4.99. The fourth-order valence-corrected chi connectivity index (χ4v) is 1.28. The molecule has 0 bridgehead atoms. The summed E-state index contributed by atoms with van der Waals surface area (Å²) in [5, 5.41) is 7.51. The van der Waals surface area contributed by atoms with Crippen molar-refractivity contribution in [1.29, 1.82) is 0 Å². The minimum atomic E-state index is 0.750. The Bertz CT molecular complexity index is 314. The Hall–Kier alpha value is -1.16. The number of nitrogens with one attached hydrogen (secondary N) is 1. The number of rotatable bonds is 5. The zero-order chi connectivity index (χ0) is 10.6. The van der Waals surface area contributed by atoms with Crippen molar-refractivity contribution in [2.75, 3.05) is 13.1 Å². The Kier molecular flexibility index (Phi) is 3.83. The van der Waals surface area contributed by atoms with Crippen LogP contribution in [0.1, 0.15) is 18.6 Å². The Balaban J connectivity index is 2.51. The molecule has 0 aliphatic carbocycles. The maximum absolute atomic E-state index is 4.28. The van der Waals surface area contributed by atoms with E-state index in [1.807, 2.05) is 18.5 Å². The van der Waals surface area contributed by atoms with Gasteiger partial charge >= 0.3 is 0 Å². The Morgan fingerprint density at radius 2 is 2.21 bits per heavy atom. The standard InChI is InChI=1S/C10H18N4/c1-5-11-6-8(2)7-14-10(4)12-9(3)13-14/h11H,2,5-7H2,1,3-4H3. The molecule has 14 heavy (non-hydrogen) atoms. The molecule has 0 aliphatic rings. The van der Waals surface area contributed by atoms with E-state index < -0.39 is 0 Å². The van der Waals surface area contributed by atoms with Crippen LogP contribution in [0.2, 0.25) is 0 Å². The lowest BCUT2D eigenvalue weighted by Crippen LogP contribution is -2.19. The van der Waals surface area contributed by atoms with Crippen LogP contribution in [-0.2, 0) is 6.54 Å². The molecule has 0 unspecified atom stereocenters. The third-order valence-corrected chi connectivity index (χ3v) is 1.96. The first-order valence-corrected chi connectivity index (χ1v) is 4.89. The maximum atomic E-state index is 4.28. The van der Waals surface area contributed by atoms with E-state index in [1.165, 1.54) is 0 Å². The number of likely N-dealkylation sites (N-methyl/N-ethyl adjacent to an activating group) is 1. The van der Waals surface area contributed by atoms with Crippen molar-refractivity contribution < 1.29 is 0 Å². The molecule has 0 amide bonds. The molecular weight excluding hydrogens is 176 g/mol. The minimum absolute atomic E-state index is 0.750. The second kappa shape index (κ2) is 4.91. The van der Waals surface area contributed by atoms with Crippen LogP contribution in [-0.4, -0.2) is 27.9 Å². The summed E-state index contributed by atoms with van der Waals surface area (Å²) in [4.78, 5) is 4.23. The summed E-state index contributed by atoms with van der Waals surface area (Å²) in [6, 6.07) is 0. The highest BCUT2D eigenvalue weighted by Crippen LogP contribution is 2.00. The molecule has 1 aromatic rings. The molecule has 1 rings (SSSR count). The van der Waals surface area contributed by atoms with E-state index in [4.69, 9.17) is 0 Å². The van der Waals surface area contributed by atoms with Gasteiger partial charge in [0.15, 0.2) is 0 Å². The van der Waals surface area contributed by atoms with Crippen LogP contribution in [0.15, 0.2) is 12.2 Å². The van der Waals surface area contributed by atoms with Gasteiger partial charge in [-0.1, -0.05) is 13.5 Å². The molecule has 4 heteroatoms. The SMILES string of the molecule is C=C(CNCC)Cn1nc(C)nc1C. The van der Waals surface area contributed by atoms with Crippen LogP contribution >= 0.6 is 0 Å². The molecule has 4 nitrogen and oxygen atoms in total. The van der Waals surface area contributed by atoms with Gasteiger partial charge in [-0.25, -0.2) is 9.67 Å². The number of aryl methyl sites for hydroxylation is 2. The van der Waals surface area contributed by atoms with E-state index in [-0.39, 0.29) is 0 Å². The summed E-state index contributed by atoms with van der Waals surface area (Å²) in [6.45, 7) is 12.5. The molecule has 1 heterocycles. The summed E-state index contributed by atoms with van der Waals surface area (Å²) in [6.07, 6.45) is 0. The van der Waals surface area contributed by atoms with Crippen LogP contribution in [0.3, 0.4) is 0 Å². The molecule has 0 aromatic carbocycles. The highest BCUT2D eigenvalue weighted by Gasteiger charge is 2.03. The first kappa shape index (κ1) is 10.9. The van der Waals surface area contributed by atoms with Gasteiger partial charge in [-0.2, -0.15) is 5.10 Å². The third-order valence-electron chi connectivity index (χ3n) is 1.96. The highest BCUT2D eigenvalue weighted by atomic mass is 15.3. The molecule has 0 aliphatic heterocycles. The minimum Gasteiger partial charge on any atom is -0.313 e. The van der Waals surface area contributed by atoms with Crippen molar-refractivity contribution in [3.05, 3.63) is 23.8 Å². The van der Waals surface area contributed by atoms with Gasteiger partial charge in [0.25, 0.3) is 0 Å². The fraction of sp³-hybridized carbons (Fsp3) is 0.600. The zero-order valence-electron chi connectivity index (χ0n) is 9.17. The summed E-state index contributed by atoms with van der Waals surface area (Å²) < 4.78 is 1.88. The predicted molar refractivity (Wildman–Crippen MR) is 57.2 cm³/mol. The molecule has 0 spiro atoms. The number of nitrogens with zero attached hydrogens (tertiary/aromatic N) is 3. The summed E-state index contributed by atoms with van der Waals surface area (Å²) in [7, 11) is 0. The van der Waals surface area contributed by atoms with Crippen LogP contribution < -0.4 is 5.32 Å². The largest absolute Gasteiger partial charge is 0.313 e. The molecule has 78 valence electrons. The summed E-state index contributed by atoms with van der Waals surface area (Å²) in [5.74, 6) is 1.76. The third kappa shape index (κ3) is 2.96. The van der Waals surface area contributed by atoms with Crippen molar-refractivity contribution >= 4 is 0 Å². The van der Waals surface area contributed by atoms with Gasteiger partial charge < -0.3 is 5.32 Å². The summed E-state index contributed by atoms with van der Waals surface area (Å²) in [5.41, 5.74) is 1.12. The first-order chi connectivity index (χ1) is 6.63. The first-order valence-electron chi connectivity index (χ1n) is 4.89. The quantitative estimate of drug-likeness (QED) is 0.713. The van der Waals surface area contributed by atoms with Crippen LogP contribution in [0, 0.1) is 13.8 Å². The van der Waals surface area contributed by atoms with E-state index in [2.05, 4.69) is 28.9 Å². The van der Waals surface area contributed by atoms with E-state index >= 15 is 0 Å². The lowest BCUT2D eigenvalue weighted by atomic mass is 10.3. The van der Waals surface area contributed by atoms with Crippen LogP contribution in [0.5, 0.6) is 0 Å². The van der Waals surface area contributed by atoms with Gasteiger partial charge in [-0.15, -0.1) is 0 Å². The number of aromatic nitrogens is 3. The molecule has 0 saturated heterocycles. The second-order valence-corrected chi connectivity index (χ2v) is 3.39. The number of hydrogen-bond donors (Lipinski definition) is 1. The van der Waals surface area contributed by atoms with Gasteiger partial charge in [0.2, 0.25) is 0 Å². The molecule has 0 radical (unpaired) electrons. The maximum Gasteiger partial charge on any atom is 0.147 e. The number of hydrogen-bond acceptors (Lipinski definition) is 3. The molecule has 0 atom stereocenters. The van der Waals surface area contributed by atoms with Gasteiger partial charge in [-0.3, -0.25) is 0 Å². The molecular formula is C10H18N4. The van der Waals surface area contributed by atoms with Crippen LogP contribution in [0.4, 0.5) is 0 Å². The van der Waals surface area contributed by atoms with Crippen molar-refractivity contribution in [2.24, 2.45) is 0 Å². The normalized spacial score (nSPS) is 10.5. The zero-order valence-corrected chi connectivity index (χ0v) is 9.17. The van der Waals surface area contributed by atoms with Crippen molar-refractivity contribution in [1.82, 2.24) is 20.1 Å². The van der Waals surface area contributed by atoms with Crippen LogP contribution in [0.25, 0.3) is 0 Å². The smallest absolute Gasteiger partial charge is 0.147 e. The average Bonchev–Trinajstić information content (AvgIpc) is 2.42. The van der Waals surface area contributed by atoms with Crippen molar-refractivity contribution in [3.8, 4) is 0 Å². The van der Waals surface area contributed by atoms with Crippen molar-refractivity contribution in [3.63, 3.8) is 0 Å². The molecule has 1 aromatic heterocycles. The van der Waals surface area contributed by atoms with E-state index in [0.29, 0.717) is 0 Å². The van der Waals surface area contributed by atoms with Gasteiger partial charge in [0, 0.05) is 6.54 Å². The van der Waals surface area contributed by atoms with Gasteiger partial charge in [0.05, 0.1) is 6.54 Å². The monoisotopic (exact) mass is 194 g/mol. The molecule has 0 fully saturated rings. The molecule has 0 saturated carbocycles. The predicted octanol–water partition coefficient (Wildman–Crippen LogP) is 1.06. The van der Waals surface area contributed by atoms with E-state index in [0.717, 1.165) is 36.9 Å². The average molecular weight is 194 g/mol. The van der Waals surface area contributed by atoms with Gasteiger partial charge in [0.1, 0.15) is 11.6 Å². The lowest BCUT2D eigenvalue weighted by molar-refractivity contribution is 0.623. The van der Waals surface area contributed by atoms with Gasteiger partial charge in [-0.05, 0) is 26.0 Å². The molecule has 1 N–H and O–H groups in total. The van der Waals surface area contributed by atoms with E-state index in [1.54, 1.807) is 0 Å². The second-order valence-electron chi connectivity index (χ2n) is 3.39. The Labute approximate surface area is 85.0 Å². The Morgan fingerprint density at radius 1 is 1.50 bits per heavy atom. The Morgan fingerprint density at radius 3 is 2.71 bits per heavy atom. The fourth-order valence-electron chi connectivity index (χ4n) is 1.28. The van der Waals surface area contributed by atoms with E-state index in [9.17, 15) is 0 Å². The lowest BCUT2D eigenvalue weighted by Gasteiger charge is -2.06. The van der Waals surface area contributed by atoms with Crippen molar-refractivity contribution in [2.45, 2.75) is 27.3 Å².